The fourth-order valence-corrected chi connectivity index (χ4v) is 0.685. The zero-order chi connectivity index (χ0) is 6.69. The number of rotatable bonds is 1. The van der Waals surface area contributed by atoms with Crippen LogP contribution in [0.4, 0.5) is 0 Å². The Hall–Kier alpha value is -1.05. The average molecular weight is 125 g/mol. The Morgan fingerprint density at radius 2 is 2.67 bits per heavy atom. The highest BCUT2D eigenvalue weighted by Gasteiger charge is 2.13. The summed E-state index contributed by atoms with van der Waals surface area (Å²) in [5.74, 6) is 1.76. The molecule has 1 rings (SSSR count). The van der Waals surface area contributed by atoms with Crippen molar-refractivity contribution in [1.82, 2.24) is 5.32 Å². The molecule has 0 aromatic heterocycles. The van der Waals surface area contributed by atoms with Crippen molar-refractivity contribution >= 4 is 5.94 Å². The van der Waals surface area contributed by atoms with Crippen molar-refractivity contribution in [2.24, 2.45) is 0 Å². The van der Waals surface area contributed by atoms with E-state index in [-0.39, 0.29) is 6.23 Å². The maximum atomic E-state index is 10.0. The van der Waals surface area contributed by atoms with Gasteiger partial charge in [0.1, 0.15) is 5.94 Å². The molecular formula is C6H7NO2. The minimum absolute atomic E-state index is 0.289. The van der Waals surface area contributed by atoms with Crippen molar-refractivity contribution in [3.63, 3.8) is 0 Å². The third kappa shape index (κ3) is 1.02. The summed E-state index contributed by atoms with van der Waals surface area (Å²) in [7, 11) is 1.53. The molecule has 1 aliphatic heterocycles. The summed E-state index contributed by atoms with van der Waals surface area (Å²) >= 11 is 0. The molecular weight excluding hydrogens is 118 g/mol. The zero-order valence-corrected chi connectivity index (χ0v) is 5.05. The molecule has 9 heavy (non-hydrogen) atoms. The molecule has 3 heteroatoms. The number of ether oxygens (including phenoxy) is 1. The van der Waals surface area contributed by atoms with E-state index in [4.69, 9.17) is 4.74 Å². The number of carbonyl (C=O) groups excluding carboxylic acids is 1. The molecule has 1 N–H and O–H groups in total. The third-order valence-corrected chi connectivity index (χ3v) is 1.15. The van der Waals surface area contributed by atoms with Gasteiger partial charge in [0.15, 0.2) is 6.23 Å². The molecule has 1 heterocycles. The molecule has 0 aliphatic carbocycles. The van der Waals surface area contributed by atoms with Crippen LogP contribution >= 0.6 is 0 Å². The van der Waals surface area contributed by atoms with Crippen LogP contribution in [0.15, 0.2) is 17.8 Å². The minimum atomic E-state index is -0.289. The number of nitrogens with one attached hydrogen (secondary N) is 1. The molecule has 0 spiro atoms. The van der Waals surface area contributed by atoms with Crippen LogP contribution in [0, 0.1) is 0 Å². The van der Waals surface area contributed by atoms with E-state index in [0.29, 0.717) is 5.57 Å². The van der Waals surface area contributed by atoms with Crippen molar-refractivity contribution in [2.75, 3.05) is 7.11 Å². The van der Waals surface area contributed by atoms with E-state index < -0.39 is 0 Å². The molecule has 0 aromatic rings. The van der Waals surface area contributed by atoms with Crippen LogP contribution in [0.1, 0.15) is 0 Å². The number of methoxy groups -OCH3 is 1. The Kier molecular flexibility index (Phi) is 1.68. The van der Waals surface area contributed by atoms with Crippen LogP contribution in [0.5, 0.6) is 0 Å². The number of hydrogen-bond acceptors (Lipinski definition) is 3. The van der Waals surface area contributed by atoms with Gasteiger partial charge in [-0.15, -0.1) is 0 Å². The first-order valence-corrected chi connectivity index (χ1v) is 2.59. The summed E-state index contributed by atoms with van der Waals surface area (Å²) in [6.07, 6.45) is 3.01. The molecule has 0 saturated carbocycles. The predicted molar refractivity (Wildman–Crippen MR) is 32.3 cm³/mol. The predicted octanol–water partition coefficient (Wildman–Crippen LogP) is -0.166. The second-order valence-corrected chi connectivity index (χ2v) is 1.67. The second kappa shape index (κ2) is 2.49. The SMILES string of the molecule is COC1NC=CC1=C=O. The van der Waals surface area contributed by atoms with Gasteiger partial charge in [0, 0.05) is 7.11 Å². The van der Waals surface area contributed by atoms with Crippen molar-refractivity contribution in [3.05, 3.63) is 17.8 Å². The Morgan fingerprint density at radius 3 is 3.11 bits per heavy atom. The average Bonchev–Trinajstić information content (AvgIpc) is 2.33. The molecule has 1 aliphatic rings. The van der Waals surface area contributed by atoms with Crippen LogP contribution in [0.3, 0.4) is 0 Å². The Morgan fingerprint density at radius 1 is 1.89 bits per heavy atom. The molecule has 0 saturated heterocycles. The van der Waals surface area contributed by atoms with Crippen molar-refractivity contribution in [2.45, 2.75) is 6.23 Å². The van der Waals surface area contributed by atoms with Gasteiger partial charge in [-0.2, -0.15) is 0 Å². The van der Waals surface area contributed by atoms with Gasteiger partial charge < -0.3 is 10.1 Å². The fourth-order valence-electron chi connectivity index (χ4n) is 0.685. The lowest BCUT2D eigenvalue weighted by atomic mass is 10.3. The fraction of sp³-hybridized carbons (Fsp3) is 0.333. The maximum absolute atomic E-state index is 10.0. The minimum Gasteiger partial charge on any atom is -0.362 e. The number of hydrogen-bond donors (Lipinski definition) is 1. The lowest BCUT2D eigenvalue weighted by Gasteiger charge is -2.06. The van der Waals surface area contributed by atoms with Crippen LogP contribution < -0.4 is 5.32 Å². The first-order valence-electron chi connectivity index (χ1n) is 2.59. The van der Waals surface area contributed by atoms with Crippen molar-refractivity contribution in [1.29, 1.82) is 0 Å². The van der Waals surface area contributed by atoms with Gasteiger partial charge in [-0.05, 0) is 12.3 Å². The summed E-state index contributed by atoms with van der Waals surface area (Å²) in [4.78, 5) is 10.0. The molecule has 1 unspecified atom stereocenters. The highest BCUT2D eigenvalue weighted by atomic mass is 16.5. The summed E-state index contributed by atoms with van der Waals surface area (Å²) in [5.41, 5.74) is 0.512. The van der Waals surface area contributed by atoms with E-state index >= 15 is 0 Å². The zero-order valence-electron chi connectivity index (χ0n) is 5.05. The Balaban J connectivity index is 2.72. The highest BCUT2D eigenvalue weighted by molar-refractivity contribution is 5.60. The molecule has 0 amide bonds. The smallest absolute Gasteiger partial charge is 0.163 e. The summed E-state index contributed by atoms with van der Waals surface area (Å²) in [6.45, 7) is 0. The van der Waals surface area contributed by atoms with E-state index in [1.54, 1.807) is 18.2 Å². The molecule has 0 aromatic carbocycles. The summed E-state index contributed by atoms with van der Waals surface area (Å²) < 4.78 is 4.84. The standard InChI is InChI=1S/C6H7NO2/c1-9-6-5(4-8)2-3-7-6/h2-3,6-7H,1H3. The van der Waals surface area contributed by atoms with Crippen LogP contribution in [-0.2, 0) is 9.53 Å². The van der Waals surface area contributed by atoms with Crippen LogP contribution in [-0.4, -0.2) is 19.3 Å². The largest absolute Gasteiger partial charge is 0.362 e. The van der Waals surface area contributed by atoms with Gasteiger partial charge in [-0.1, -0.05) is 0 Å². The quantitative estimate of drug-likeness (QED) is 0.494. The maximum Gasteiger partial charge on any atom is 0.163 e. The van der Waals surface area contributed by atoms with E-state index in [1.165, 1.54) is 7.11 Å². The van der Waals surface area contributed by atoms with Gasteiger partial charge in [0.25, 0.3) is 0 Å². The van der Waals surface area contributed by atoms with E-state index in [9.17, 15) is 4.79 Å². The van der Waals surface area contributed by atoms with Crippen LogP contribution in [0.2, 0.25) is 0 Å². The lowest BCUT2D eigenvalue weighted by molar-refractivity contribution is 0.124. The van der Waals surface area contributed by atoms with Crippen LogP contribution in [0.25, 0.3) is 0 Å². The van der Waals surface area contributed by atoms with Crippen molar-refractivity contribution in [3.8, 4) is 0 Å². The monoisotopic (exact) mass is 125 g/mol. The molecule has 0 bridgehead atoms. The molecule has 3 nitrogen and oxygen atoms in total. The highest BCUT2D eigenvalue weighted by Crippen LogP contribution is 2.06. The molecule has 1 atom stereocenters. The van der Waals surface area contributed by atoms with Gasteiger partial charge in [0.2, 0.25) is 0 Å². The Labute approximate surface area is 53.0 Å². The first kappa shape index (κ1) is 6.08. The van der Waals surface area contributed by atoms with Gasteiger partial charge in [-0.3, -0.25) is 0 Å². The Bertz CT molecular complexity index is 179. The van der Waals surface area contributed by atoms with E-state index in [0.717, 1.165) is 0 Å². The summed E-state index contributed by atoms with van der Waals surface area (Å²) in [5, 5.41) is 2.80. The van der Waals surface area contributed by atoms with E-state index in [2.05, 4.69) is 5.32 Å². The lowest BCUT2D eigenvalue weighted by Crippen LogP contribution is -2.22. The molecule has 48 valence electrons. The molecule has 0 radical (unpaired) electrons. The van der Waals surface area contributed by atoms with E-state index in [1.807, 2.05) is 0 Å². The van der Waals surface area contributed by atoms with Gasteiger partial charge in [-0.25, -0.2) is 4.79 Å². The van der Waals surface area contributed by atoms with Crippen molar-refractivity contribution < 1.29 is 9.53 Å². The van der Waals surface area contributed by atoms with Gasteiger partial charge >= 0.3 is 0 Å². The summed E-state index contributed by atoms with van der Waals surface area (Å²) in [6, 6.07) is 0. The topological polar surface area (TPSA) is 38.3 Å². The second-order valence-electron chi connectivity index (χ2n) is 1.67. The third-order valence-electron chi connectivity index (χ3n) is 1.15. The molecule has 0 fully saturated rings. The van der Waals surface area contributed by atoms with Gasteiger partial charge in [0.05, 0.1) is 5.57 Å². The first-order chi connectivity index (χ1) is 4.38. The normalized spacial score (nSPS) is 23.7.